The maximum atomic E-state index is 10.7. The predicted octanol–water partition coefficient (Wildman–Crippen LogP) is 1.19. The molecule has 4 heteroatoms. The molecule has 1 aliphatic heterocycles. The van der Waals surface area contributed by atoms with Crippen LogP contribution in [-0.4, -0.2) is 34.1 Å². The fourth-order valence-electron chi connectivity index (χ4n) is 0.887. The lowest BCUT2D eigenvalue weighted by Crippen LogP contribution is -2.17. The maximum Gasteiger partial charge on any atom is 0.338 e. The van der Waals surface area contributed by atoms with Crippen LogP contribution < -0.4 is 0 Å². The van der Waals surface area contributed by atoms with Gasteiger partial charge in [-0.15, -0.1) is 0 Å². The quantitative estimate of drug-likeness (QED) is 0.772. The molecule has 0 spiro atoms. The minimum atomic E-state index is -0.831. The predicted molar refractivity (Wildman–Crippen MR) is 57.6 cm³/mol. The molecule has 66 valence electrons. The summed E-state index contributed by atoms with van der Waals surface area (Å²) in [5.41, 5.74) is 1.23. The summed E-state index contributed by atoms with van der Waals surface area (Å²) < 4.78 is 3.89. The molecule has 3 nitrogen and oxygen atoms in total. The van der Waals surface area contributed by atoms with Crippen molar-refractivity contribution in [2.75, 3.05) is 14.1 Å². The van der Waals surface area contributed by atoms with Gasteiger partial charge in [0.05, 0.1) is 11.3 Å². The van der Waals surface area contributed by atoms with Gasteiger partial charge in [0, 0.05) is 14.1 Å². The van der Waals surface area contributed by atoms with E-state index in [0.29, 0.717) is 5.57 Å². The second-order valence-corrected chi connectivity index (χ2v) is 4.59. The summed E-state index contributed by atoms with van der Waals surface area (Å²) in [5.74, 6) is -0.831. The van der Waals surface area contributed by atoms with Gasteiger partial charge in [0.15, 0.2) is 0 Å². The van der Waals surface area contributed by atoms with Crippen LogP contribution in [0.2, 0.25) is 0 Å². The van der Waals surface area contributed by atoms with Crippen molar-refractivity contribution in [1.82, 2.24) is 4.90 Å². The Hall–Kier alpha value is -0.650. The Balaban J connectivity index is 3.11. The van der Waals surface area contributed by atoms with Crippen molar-refractivity contribution in [2.45, 2.75) is 0 Å². The highest BCUT2D eigenvalue weighted by atomic mass is 127. The highest BCUT2D eigenvalue weighted by molar-refractivity contribution is 14.2. The van der Waals surface area contributed by atoms with Crippen molar-refractivity contribution in [3.63, 3.8) is 0 Å². The number of halogens is 1. The van der Waals surface area contributed by atoms with Crippen LogP contribution in [0.15, 0.2) is 21.4 Å². The summed E-state index contributed by atoms with van der Waals surface area (Å²) in [7, 11) is 3.69. The third kappa shape index (κ3) is 1.94. The standard InChI is InChI=1S/C8H10INO2/c1-10(2)7-3-4-9-5-6(7)8(11)12/h3-5H,1-2H3,(H,11,12). The van der Waals surface area contributed by atoms with E-state index in [4.69, 9.17) is 5.11 Å². The van der Waals surface area contributed by atoms with Gasteiger partial charge >= 0.3 is 5.97 Å². The first-order valence-corrected chi connectivity index (χ1v) is 5.88. The number of carboxylic acid groups (broad SMARTS) is 1. The Morgan fingerprint density at radius 3 is 2.67 bits per heavy atom. The highest BCUT2D eigenvalue weighted by Gasteiger charge is 2.12. The summed E-state index contributed by atoms with van der Waals surface area (Å²) in [4.78, 5) is 12.6. The molecule has 0 aromatic heterocycles. The largest absolute Gasteiger partial charge is 0.478 e. The zero-order chi connectivity index (χ0) is 9.14. The van der Waals surface area contributed by atoms with Gasteiger partial charge in [-0.3, -0.25) is 0 Å². The van der Waals surface area contributed by atoms with Gasteiger partial charge in [-0.1, -0.05) is 20.7 Å². The Labute approximate surface area is 81.1 Å². The number of allylic oxidation sites excluding steroid dienone is 1. The number of aliphatic carboxylic acids is 1. The summed E-state index contributed by atoms with van der Waals surface area (Å²) in [6.45, 7) is 0. The van der Waals surface area contributed by atoms with Crippen molar-refractivity contribution >= 4 is 30.7 Å². The van der Waals surface area contributed by atoms with Gasteiger partial charge in [-0.05, 0) is 14.2 Å². The summed E-state index contributed by atoms with van der Waals surface area (Å²) in [6.07, 6.45) is 1.89. The van der Waals surface area contributed by atoms with Crippen LogP contribution in [-0.2, 0) is 4.79 Å². The minimum Gasteiger partial charge on any atom is -0.478 e. The second-order valence-electron chi connectivity index (χ2n) is 2.53. The van der Waals surface area contributed by atoms with E-state index >= 15 is 0 Å². The number of hydrogen-bond donors (Lipinski definition) is 1. The number of hydrogen-bond acceptors (Lipinski definition) is 2. The summed E-state index contributed by atoms with van der Waals surface area (Å²) in [6, 6.07) is 0. The summed E-state index contributed by atoms with van der Waals surface area (Å²) >= 11 is -0.183. The zero-order valence-corrected chi connectivity index (χ0v) is 9.07. The Bertz CT molecular complexity index is 289. The average Bonchev–Trinajstić information content (AvgIpc) is 2.04. The number of carboxylic acids is 1. The lowest BCUT2D eigenvalue weighted by atomic mass is 10.2. The van der Waals surface area contributed by atoms with E-state index < -0.39 is 5.97 Å². The molecule has 0 aliphatic carbocycles. The van der Waals surface area contributed by atoms with Crippen molar-refractivity contribution in [1.29, 1.82) is 0 Å². The van der Waals surface area contributed by atoms with Gasteiger partial charge in [-0.2, -0.15) is 0 Å². The molecule has 0 radical (unpaired) electrons. The van der Waals surface area contributed by atoms with E-state index in [1.165, 1.54) is 0 Å². The van der Waals surface area contributed by atoms with Gasteiger partial charge in [0.1, 0.15) is 0 Å². The third-order valence-electron chi connectivity index (χ3n) is 1.45. The first-order chi connectivity index (χ1) is 5.63. The van der Waals surface area contributed by atoms with Gasteiger partial charge in [0.25, 0.3) is 0 Å². The lowest BCUT2D eigenvalue weighted by Gasteiger charge is -2.16. The van der Waals surface area contributed by atoms with E-state index in [9.17, 15) is 4.79 Å². The zero-order valence-electron chi connectivity index (χ0n) is 6.91. The Kier molecular flexibility index (Phi) is 3.02. The molecule has 0 atom stereocenters. The number of likely N-dealkylation sites (N-methyl/N-ethyl adjacent to an activating group) is 1. The smallest absolute Gasteiger partial charge is 0.338 e. The molecule has 0 fully saturated rings. The molecule has 0 amide bonds. The van der Waals surface area contributed by atoms with E-state index in [1.54, 1.807) is 0 Å². The van der Waals surface area contributed by atoms with Gasteiger partial charge in [-0.25, -0.2) is 4.79 Å². The van der Waals surface area contributed by atoms with Crippen LogP contribution >= 0.6 is 20.7 Å². The molecule has 1 N–H and O–H groups in total. The van der Waals surface area contributed by atoms with Crippen LogP contribution in [0.1, 0.15) is 0 Å². The first kappa shape index (κ1) is 9.44. The van der Waals surface area contributed by atoms with Crippen LogP contribution in [0.5, 0.6) is 0 Å². The lowest BCUT2D eigenvalue weighted by molar-refractivity contribution is -0.132. The Morgan fingerprint density at radius 2 is 2.25 bits per heavy atom. The molecule has 0 aromatic carbocycles. The fraction of sp³-hybridized carbons (Fsp3) is 0.250. The topological polar surface area (TPSA) is 40.5 Å². The van der Waals surface area contributed by atoms with Crippen LogP contribution in [0.25, 0.3) is 0 Å². The van der Waals surface area contributed by atoms with Crippen molar-refractivity contribution < 1.29 is 9.90 Å². The highest BCUT2D eigenvalue weighted by Crippen LogP contribution is 2.17. The Morgan fingerprint density at radius 1 is 1.58 bits per heavy atom. The third-order valence-corrected chi connectivity index (χ3v) is 3.21. The van der Waals surface area contributed by atoms with Crippen LogP contribution in [0.3, 0.4) is 0 Å². The molecule has 12 heavy (non-hydrogen) atoms. The SMILES string of the molecule is CN(C)C1=C(C(=O)O)C=IC=C1. The maximum absolute atomic E-state index is 10.7. The van der Waals surface area contributed by atoms with E-state index in [-0.39, 0.29) is 20.7 Å². The van der Waals surface area contributed by atoms with Gasteiger partial charge in [0.2, 0.25) is 0 Å². The van der Waals surface area contributed by atoms with Crippen LogP contribution in [0.4, 0.5) is 0 Å². The molecule has 0 bridgehead atoms. The van der Waals surface area contributed by atoms with Crippen molar-refractivity contribution in [2.24, 2.45) is 0 Å². The molecule has 1 aliphatic rings. The summed E-state index contributed by atoms with van der Waals surface area (Å²) in [5, 5.41) is 8.83. The molecule has 0 unspecified atom stereocenters. The number of carbonyl (C=O) groups is 1. The average molecular weight is 279 g/mol. The molecular formula is C8H10INO2. The molecule has 0 saturated carbocycles. The second kappa shape index (κ2) is 3.84. The van der Waals surface area contributed by atoms with Crippen molar-refractivity contribution in [3.8, 4) is 0 Å². The molecule has 0 saturated heterocycles. The van der Waals surface area contributed by atoms with Crippen LogP contribution in [0, 0.1) is 0 Å². The van der Waals surface area contributed by atoms with E-state index in [2.05, 4.69) is 4.08 Å². The first-order valence-electron chi connectivity index (χ1n) is 3.39. The van der Waals surface area contributed by atoms with Gasteiger partial charge < -0.3 is 10.0 Å². The minimum absolute atomic E-state index is 0.183. The van der Waals surface area contributed by atoms with E-state index in [0.717, 1.165) is 5.70 Å². The molecule has 1 rings (SSSR count). The van der Waals surface area contributed by atoms with Crippen molar-refractivity contribution in [3.05, 3.63) is 21.4 Å². The molecule has 0 aromatic rings. The fourth-order valence-corrected chi connectivity index (χ4v) is 2.59. The van der Waals surface area contributed by atoms with E-state index in [1.807, 2.05) is 29.1 Å². The monoisotopic (exact) mass is 279 g/mol. The normalized spacial score (nSPS) is 15.8. The number of rotatable bonds is 2. The number of nitrogens with zero attached hydrogens (tertiary/aromatic N) is 1. The molecule has 1 heterocycles. The molecular weight excluding hydrogens is 269 g/mol.